The predicted molar refractivity (Wildman–Crippen MR) is 174 cm³/mol. The number of nitrogens with one attached hydrogen (secondary N) is 3. The second-order valence-corrected chi connectivity index (χ2v) is 10.9. The number of halogens is 3. The molecular weight excluding hydrogens is 654 g/mol. The number of anilines is 1. The number of aromatic amines is 2. The molecule has 0 aliphatic carbocycles. The normalized spacial score (nSPS) is 13.3. The number of piperazine rings is 1. The first-order chi connectivity index (χ1) is 23.1. The van der Waals surface area contributed by atoms with Crippen molar-refractivity contribution < 1.29 is 28.2 Å². The quantitative estimate of drug-likeness (QED) is 0.185. The van der Waals surface area contributed by atoms with E-state index in [1.54, 1.807) is 24.3 Å². The van der Waals surface area contributed by atoms with Gasteiger partial charge in [-0.1, -0.05) is 23.7 Å². The second-order valence-electron chi connectivity index (χ2n) is 10.5. The third-order valence-electron chi connectivity index (χ3n) is 7.66. The van der Waals surface area contributed by atoms with Crippen LogP contribution < -0.4 is 30.8 Å². The molecule has 252 valence electrons. The van der Waals surface area contributed by atoms with Gasteiger partial charge in [-0.3, -0.25) is 19.3 Å². The molecular formula is C31H31ClF2N8O6. The minimum Gasteiger partial charge on any atom is -0.477 e. The van der Waals surface area contributed by atoms with Gasteiger partial charge in [0.05, 0.1) is 37.5 Å². The lowest BCUT2D eigenvalue weighted by Gasteiger charge is -2.36. The van der Waals surface area contributed by atoms with Gasteiger partial charge in [-0.05, 0) is 24.3 Å². The first-order valence-electron chi connectivity index (χ1n) is 14.6. The average Bonchev–Trinajstić information content (AvgIpc) is 3.10. The molecule has 14 nitrogen and oxygen atoms in total. The summed E-state index contributed by atoms with van der Waals surface area (Å²) in [6.45, 7) is 2.67. The van der Waals surface area contributed by atoms with Crippen LogP contribution in [0.2, 0.25) is 5.15 Å². The molecule has 1 fully saturated rings. The number of pyridine rings is 1. The lowest BCUT2D eigenvalue weighted by molar-refractivity contribution is 0.0958. The first-order valence-corrected chi connectivity index (χ1v) is 14.9. The fourth-order valence-corrected chi connectivity index (χ4v) is 5.40. The minimum absolute atomic E-state index is 0.0302. The van der Waals surface area contributed by atoms with Gasteiger partial charge in [0.25, 0.3) is 17.7 Å². The molecule has 4 heterocycles. The number of nitrogens with zero attached hydrogens (tertiary/aromatic N) is 5. The Morgan fingerprint density at radius 1 is 0.875 bits per heavy atom. The van der Waals surface area contributed by atoms with Crippen molar-refractivity contribution in [2.75, 3.05) is 52.3 Å². The number of aliphatic hydroxyl groups is 1. The molecule has 3 aromatic heterocycles. The van der Waals surface area contributed by atoms with E-state index in [2.05, 4.69) is 40.0 Å². The Labute approximate surface area is 276 Å². The number of benzene rings is 2. The van der Waals surface area contributed by atoms with Crippen LogP contribution >= 0.6 is 11.6 Å². The van der Waals surface area contributed by atoms with E-state index < -0.39 is 29.4 Å². The lowest BCUT2D eigenvalue weighted by Crippen LogP contribution is -2.46. The van der Waals surface area contributed by atoms with Crippen molar-refractivity contribution in [2.24, 2.45) is 0 Å². The number of H-pyrrole nitrogens is 2. The van der Waals surface area contributed by atoms with Crippen LogP contribution in [-0.2, 0) is 13.2 Å². The van der Waals surface area contributed by atoms with Crippen LogP contribution in [0.5, 0.6) is 11.8 Å². The molecule has 1 saturated heterocycles. The number of fused-ring (bicyclic) bond motifs is 2. The van der Waals surface area contributed by atoms with Gasteiger partial charge in [0, 0.05) is 50.9 Å². The Balaban J connectivity index is 0.000000236. The summed E-state index contributed by atoms with van der Waals surface area (Å²) in [7, 11) is 4.18. The van der Waals surface area contributed by atoms with Gasteiger partial charge in [-0.15, -0.1) is 0 Å². The number of carbonyl (C=O) groups excluding carboxylic acids is 1. The van der Waals surface area contributed by atoms with Crippen LogP contribution in [0.15, 0.2) is 46.0 Å². The van der Waals surface area contributed by atoms with E-state index in [1.807, 2.05) is 0 Å². The molecule has 6 rings (SSSR count). The van der Waals surface area contributed by atoms with E-state index in [-0.39, 0.29) is 50.6 Å². The molecule has 48 heavy (non-hydrogen) atoms. The average molecular weight is 685 g/mol. The fraction of sp³-hybridized carbons (Fsp3) is 0.290. The third-order valence-corrected chi connectivity index (χ3v) is 7.94. The zero-order valence-corrected chi connectivity index (χ0v) is 26.8. The molecule has 4 N–H and O–H groups in total. The second kappa shape index (κ2) is 14.7. The summed E-state index contributed by atoms with van der Waals surface area (Å²) in [6, 6.07) is 9.68. The van der Waals surface area contributed by atoms with Crippen LogP contribution in [0.4, 0.5) is 14.5 Å². The molecule has 0 bridgehead atoms. The summed E-state index contributed by atoms with van der Waals surface area (Å²) in [6.07, 6.45) is 0. The highest BCUT2D eigenvalue weighted by molar-refractivity contribution is 6.32. The summed E-state index contributed by atoms with van der Waals surface area (Å²) < 4.78 is 38.3. The molecule has 0 unspecified atom stereocenters. The number of hydrogen-bond donors (Lipinski definition) is 4. The van der Waals surface area contributed by atoms with Gasteiger partial charge in [-0.2, -0.15) is 0 Å². The molecule has 0 radical (unpaired) electrons. The third kappa shape index (κ3) is 7.05. The maximum Gasteiger partial charge on any atom is 0.311 e. The predicted octanol–water partition coefficient (Wildman–Crippen LogP) is 2.36. The van der Waals surface area contributed by atoms with Crippen LogP contribution in [0.1, 0.15) is 21.6 Å². The zero-order valence-electron chi connectivity index (χ0n) is 26.1. The smallest absolute Gasteiger partial charge is 0.311 e. The van der Waals surface area contributed by atoms with Crippen molar-refractivity contribution in [3.8, 4) is 11.8 Å². The number of aliphatic hydroxyl groups excluding tert-OH is 1. The first kappa shape index (κ1) is 34.2. The molecule has 0 spiro atoms. The largest absolute Gasteiger partial charge is 0.477 e. The highest BCUT2D eigenvalue weighted by atomic mass is 35.5. The number of hydrogen-bond acceptors (Lipinski definition) is 11. The SMILES string of the molecule is CNC(=O)c1ccc(N2CCN(Cc3ccc4nc(OC)c(=O)[nH]c4c3F)CC2)c(Cl)n1.COc1nc2ccc(CO)c(F)c2[nH]c1=O. The van der Waals surface area contributed by atoms with E-state index in [0.29, 0.717) is 43.8 Å². The number of amides is 1. The Kier molecular flexibility index (Phi) is 10.5. The van der Waals surface area contributed by atoms with Crippen LogP contribution in [0.3, 0.4) is 0 Å². The maximum absolute atomic E-state index is 15.0. The topological polar surface area (TPSA) is 179 Å². The van der Waals surface area contributed by atoms with Crippen molar-refractivity contribution in [3.63, 3.8) is 0 Å². The Hall–Kier alpha value is -5.19. The van der Waals surface area contributed by atoms with Crippen LogP contribution in [0.25, 0.3) is 22.1 Å². The minimum atomic E-state index is -0.674. The van der Waals surface area contributed by atoms with E-state index in [9.17, 15) is 18.8 Å². The Morgan fingerprint density at radius 2 is 1.42 bits per heavy atom. The molecule has 1 amide bonds. The fourth-order valence-electron chi connectivity index (χ4n) is 5.12. The number of ether oxygens (including phenoxy) is 2. The molecule has 5 aromatic rings. The van der Waals surface area contributed by atoms with Gasteiger partial charge < -0.3 is 34.8 Å². The van der Waals surface area contributed by atoms with E-state index in [4.69, 9.17) is 26.2 Å². The molecule has 1 aliphatic rings. The van der Waals surface area contributed by atoms with E-state index in [0.717, 1.165) is 5.69 Å². The highest BCUT2D eigenvalue weighted by Gasteiger charge is 2.22. The molecule has 2 aromatic carbocycles. The monoisotopic (exact) mass is 684 g/mol. The van der Waals surface area contributed by atoms with Gasteiger partial charge >= 0.3 is 11.1 Å². The molecule has 0 saturated carbocycles. The standard InChI is InChI=1S/C21H22ClFN6O3.C10H9FN2O3/c1-24-19(30)14-5-6-15(18(22)25-14)29-9-7-28(8-10-29)11-12-3-4-13-17(16(12)23)27-20(31)21(26-13)32-2;1-16-10-9(15)13-8-6(12-10)3-2-5(4-14)7(8)11/h3-6H,7-11H2,1-2H3,(H,24,30)(H,27,31);2-3,14H,4H2,1H3,(H,13,15). The van der Waals surface area contributed by atoms with Crippen LogP contribution in [0, 0.1) is 11.6 Å². The van der Waals surface area contributed by atoms with Crippen molar-refractivity contribution in [2.45, 2.75) is 13.2 Å². The van der Waals surface area contributed by atoms with Crippen LogP contribution in [-0.4, -0.2) is 88.3 Å². The van der Waals surface area contributed by atoms with Gasteiger partial charge in [0.15, 0.2) is 16.8 Å². The molecule has 0 atom stereocenters. The van der Waals surface area contributed by atoms with Crippen molar-refractivity contribution in [3.05, 3.63) is 90.7 Å². The zero-order chi connectivity index (χ0) is 34.5. The van der Waals surface area contributed by atoms with E-state index >= 15 is 4.39 Å². The summed E-state index contributed by atoms with van der Waals surface area (Å²) in [5.74, 6) is -1.68. The van der Waals surface area contributed by atoms with Gasteiger partial charge in [0.1, 0.15) is 16.7 Å². The summed E-state index contributed by atoms with van der Waals surface area (Å²) in [5, 5.41) is 11.7. The Bertz CT molecular complexity index is 2100. The molecule has 1 aliphatic heterocycles. The summed E-state index contributed by atoms with van der Waals surface area (Å²) >= 11 is 6.30. The van der Waals surface area contributed by atoms with Crippen molar-refractivity contribution in [1.29, 1.82) is 0 Å². The van der Waals surface area contributed by atoms with Crippen molar-refractivity contribution >= 4 is 45.3 Å². The Morgan fingerprint density at radius 3 is 1.92 bits per heavy atom. The van der Waals surface area contributed by atoms with Crippen molar-refractivity contribution in [1.82, 2.24) is 35.1 Å². The maximum atomic E-state index is 15.0. The summed E-state index contributed by atoms with van der Waals surface area (Å²) in [5.41, 5.74) is 1.06. The number of rotatable bonds is 7. The highest BCUT2D eigenvalue weighted by Crippen LogP contribution is 2.26. The number of methoxy groups -OCH3 is 2. The van der Waals surface area contributed by atoms with Gasteiger partial charge in [-0.25, -0.2) is 23.7 Å². The molecule has 17 heteroatoms. The number of aromatic nitrogens is 5. The van der Waals surface area contributed by atoms with E-state index in [1.165, 1.54) is 33.4 Å². The lowest BCUT2D eigenvalue weighted by atomic mass is 10.1. The summed E-state index contributed by atoms with van der Waals surface area (Å²) in [4.78, 5) is 56.1. The number of carbonyl (C=O) groups is 1. The van der Waals surface area contributed by atoms with Gasteiger partial charge in [0.2, 0.25) is 0 Å².